The summed E-state index contributed by atoms with van der Waals surface area (Å²) in [6, 6.07) is 6.79. The van der Waals surface area contributed by atoms with Gasteiger partial charge in [-0.2, -0.15) is 5.10 Å². The first-order chi connectivity index (χ1) is 16.9. The van der Waals surface area contributed by atoms with Crippen LogP contribution in [0.2, 0.25) is 0 Å². The molecule has 2 aliphatic carbocycles. The van der Waals surface area contributed by atoms with Crippen molar-refractivity contribution < 1.29 is 14.3 Å². The molecule has 2 fully saturated rings. The molecule has 10 nitrogen and oxygen atoms in total. The number of aromatic nitrogens is 4. The lowest BCUT2D eigenvalue weighted by Crippen LogP contribution is -2.30. The van der Waals surface area contributed by atoms with E-state index in [4.69, 9.17) is 4.74 Å². The van der Waals surface area contributed by atoms with Crippen molar-refractivity contribution in [3.05, 3.63) is 48.4 Å². The van der Waals surface area contributed by atoms with Gasteiger partial charge < -0.3 is 20.3 Å². The highest BCUT2D eigenvalue weighted by Crippen LogP contribution is 2.34. The molecule has 0 bridgehead atoms. The van der Waals surface area contributed by atoms with E-state index in [0.29, 0.717) is 47.0 Å². The fourth-order valence-electron chi connectivity index (χ4n) is 3.73. The molecular weight excluding hydrogens is 446 g/mol. The van der Waals surface area contributed by atoms with E-state index >= 15 is 0 Å². The molecule has 0 aliphatic heterocycles. The summed E-state index contributed by atoms with van der Waals surface area (Å²) in [4.78, 5) is 35.9. The minimum absolute atomic E-state index is 0.0870. The van der Waals surface area contributed by atoms with Crippen LogP contribution in [0.1, 0.15) is 43.0 Å². The normalized spacial score (nSPS) is 14.9. The lowest BCUT2D eigenvalue weighted by Gasteiger charge is -2.22. The Hall–Kier alpha value is -3.95. The maximum atomic E-state index is 13.0. The number of nitrogens with zero attached hydrogens (tertiary/aromatic N) is 5. The third-order valence-corrected chi connectivity index (χ3v) is 6.06. The molecule has 0 radical (unpaired) electrons. The number of hydrogen-bond acceptors (Lipinski definition) is 7. The van der Waals surface area contributed by atoms with E-state index in [1.807, 2.05) is 0 Å². The van der Waals surface area contributed by atoms with Gasteiger partial charge in [0.1, 0.15) is 11.6 Å². The van der Waals surface area contributed by atoms with Crippen LogP contribution < -0.4 is 20.3 Å². The minimum Gasteiger partial charge on any atom is -0.437 e. The number of anilines is 3. The number of hydrogen-bond donors (Lipinski definition) is 2. The monoisotopic (exact) mass is 475 g/mol. The Balaban J connectivity index is 1.39. The van der Waals surface area contributed by atoms with Crippen molar-refractivity contribution in [2.45, 2.75) is 32.6 Å². The number of benzene rings is 1. The molecule has 3 aromatic rings. The highest BCUT2D eigenvalue weighted by Gasteiger charge is 2.27. The molecule has 2 amide bonds. The number of nitrogens with one attached hydrogen (secondary N) is 2. The summed E-state index contributed by atoms with van der Waals surface area (Å²) in [5, 5.41) is 10.3. The summed E-state index contributed by atoms with van der Waals surface area (Å²) in [5.74, 6) is 2.59. The Morgan fingerprint density at radius 2 is 1.89 bits per heavy atom. The Morgan fingerprint density at radius 3 is 2.51 bits per heavy atom. The summed E-state index contributed by atoms with van der Waals surface area (Å²) < 4.78 is 7.58. The van der Waals surface area contributed by atoms with E-state index in [0.717, 1.165) is 25.3 Å². The van der Waals surface area contributed by atoms with Gasteiger partial charge in [-0.25, -0.2) is 9.97 Å². The molecule has 5 rings (SSSR count). The van der Waals surface area contributed by atoms with Gasteiger partial charge in [0.25, 0.3) is 5.91 Å². The fraction of sp³-hybridized carbons (Fsp3) is 0.400. The summed E-state index contributed by atoms with van der Waals surface area (Å²) in [7, 11) is 1.78. The molecular formula is C25H29N7O3. The smallest absolute Gasteiger partial charge is 0.257 e. The molecule has 2 N–H and O–H groups in total. The van der Waals surface area contributed by atoms with Crippen molar-refractivity contribution in [1.29, 1.82) is 0 Å². The van der Waals surface area contributed by atoms with Crippen LogP contribution in [-0.2, 0) is 11.8 Å². The standard InChI is InChI=1S/C25H29N7O3/c1-16(33)32(15-18-5-6-18)20-9-19(25(34)29-22-7-8-31(2)30-22)10-21(11-20)35-24-14-27-23(13-28-24)26-12-17-3-4-17/h7-11,13-14,17-18H,3-6,12,15H2,1-2H3,(H,26,27)(H,29,30,34). The van der Waals surface area contributed by atoms with Gasteiger partial charge in [0.15, 0.2) is 5.82 Å². The van der Waals surface area contributed by atoms with Crippen LogP contribution in [0.25, 0.3) is 0 Å². The summed E-state index contributed by atoms with van der Waals surface area (Å²) >= 11 is 0. The Bertz CT molecular complexity index is 1220. The molecule has 10 heteroatoms. The van der Waals surface area contributed by atoms with Gasteiger partial charge in [0, 0.05) is 56.6 Å². The third kappa shape index (κ3) is 6.14. The third-order valence-electron chi connectivity index (χ3n) is 6.06. The van der Waals surface area contributed by atoms with Gasteiger partial charge in [-0.05, 0) is 49.7 Å². The van der Waals surface area contributed by atoms with Crippen LogP contribution in [0.15, 0.2) is 42.9 Å². The molecule has 0 atom stereocenters. The number of ether oxygens (including phenoxy) is 1. The van der Waals surface area contributed by atoms with Gasteiger partial charge in [0.05, 0.1) is 12.4 Å². The Labute approximate surface area is 203 Å². The summed E-state index contributed by atoms with van der Waals surface area (Å²) in [6.07, 6.45) is 9.63. The van der Waals surface area contributed by atoms with Gasteiger partial charge >= 0.3 is 0 Å². The van der Waals surface area contributed by atoms with Crippen molar-refractivity contribution in [1.82, 2.24) is 19.7 Å². The fourth-order valence-corrected chi connectivity index (χ4v) is 3.73. The average molecular weight is 476 g/mol. The van der Waals surface area contributed by atoms with Crippen LogP contribution in [0, 0.1) is 11.8 Å². The minimum atomic E-state index is -0.351. The number of carbonyl (C=O) groups is 2. The van der Waals surface area contributed by atoms with E-state index in [1.165, 1.54) is 19.8 Å². The first-order valence-corrected chi connectivity index (χ1v) is 11.9. The molecule has 2 aromatic heterocycles. The van der Waals surface area contributed by atoms with Crippen molar-refractivity contribution in [2.75, 3.05) is 28.6 Å². The van der Waals surface area contributed by atoms with Gasteiger partial charge in [-0.3, -0.25) is 14.3 Å². The second-order valence-corrected chi connectivity index (χ2v) is 9.28. The second kappa shape index (κ2) is 9.73. The zero-order valence-corrected chi connectivity index (χ0v) is 19.9. The van der Waals surface area contributed by atoms with Crippen LogP contribution in [-0.4, -0.2) is 44.7 Å². The first kappa shape index (κ1) is 22.8. The zero-order chi connectivity index (χ0) is 24.4. The molecule has 2 heterocycles. The van der Waals surface area contributed by atoms with Crippen LogP contribution in [0.5, 0.6) is 11.6 Å². The van der Waals surface area contributed by atoms with E-state index in [-0.39, 0.29) is 11.8 Å². The van der Waals surface area contributed by atoms with Crippen molar-refractivity contribution in [2.24, 2.45) is 18.9 Å². The molecule has 0 spiro atoms. The molecule has 0 saturated heterocycles. The topological polar surface area (TPSA) is 114 Å². The van der Waals surface area contributed by atoms with Crippen LogP contribution in [0.3, 0.4) is 0 Å². The summed E-state index contributed by atoms with van der Waals surface area (Å²) in [5.41, 5.74) is 0.949. The van der Waals surface area contributed by atoms with E-state index in [2.05, 4.69) is 25.7 Å². The second-order valence-electron chi connectivity index (χ2n) is 9.28. The molecule has 0 unspecified atom stereocenters. The number of amides is 2. The quantitative estimate of drug-likeness (QED) is 0.458. The number of rotatable bonds is 10. The largest absolute Gasteiger partial charge is 0.437 e. The van der Waals surface area contributed by atoms with E-state index in [1.54, 1.807) is 59.5 Å². The van der Waals surface area contributed by atoms with Gasteiger partial charge in [0.2, 0.25) is 11.8 Å². The van der Waals surface area contributed by atoms with Crippen molar-refractivity contribution in [3.63, 3.8) is 0 Å². The number of carbonyl (C=O) groups excluding carboxylic acids is 2. The predicted octanol–water partition coefficient (Wildman–Crippen LogP) is 3.84. The van der Waals surface area contributed by atoms with Crippen molar-refractivity contribution in [3.8, 4) is 11.6 Å². The first-order valence-electron chi connectivity index (χ1n) is 11.9. The van der Waals surface area contributed by atoms with Gasteiger partial charge in [-0.1, -0.05) is 0 Å². The Kier molecular flexibility index (Phi) is 6.35. The summed E-state index contributed by atoms with van der Waals surface area (Å²) in [6.45, 7) is 3.04. The molecule has 2 saturated carbocycles. The molecule has 1 aromatic carbocycles. The Morgan fingerprint density at radius 1 is 1.09 bits per heavy atom. The average Bonchev–Trinajstić information content (AvgIpc) is 3.77. The SMILES string of the molecule is CC(=O)N(CC1CC1)c1cc(Oc2cnc(NCC3CC3)cn2)cc(C(=O)Nc2ccn(C)n2)c1. The van der Waals surface area contributed by atoms with E-state index in [9.17, 15) is 9.59 Å². The number of aryl methyl sites for hydroxylation is 1. The highest BCUT2D eigenvalue weighted by molar-refractivity contribution is 6.05. The maximum absolute atomic E-state index is 13.0. The van der Waals surface area contributed by atoms with Crippen molar-refractivity contribution >= 4 is 29.1 Å². The van der Waals surface area contributed by atoms with Gasteiger partial charge in [-0.15, -0.1) is 0 Å². The molecule has 2 aliphatic rings. The van der Waals surface area contributed by atoms with E-state index < -0.39 is 0 Å². The molecule has 35 heavy (non-hydrogen) atoms. The lowest BCUT2D eigenvalue weighted by atomic mass is 10.1. The zero-order valence-electron chi connectivity index (χ0n) is 19.9. The maximum Gasteiger partial charge on any atom is 0.257 e. The predicted molar refractivity (Wildman–Crippen MR) is 132 cm³/mol. The highest BCUT2D eigenvalue weighted by atomic mass is 16.5. The van der Waals surface area contributed by atoms with Crippen LogP contribution >= 0.6 is 0 Å². The van der Waals surface area contributed by atoms with Crippen LogP contribution in [0.4, 0.5) is 17.3 Å². The molecule has 182 valence electrons. The lowest BCUT2D eigenvalue weighted by molar-refractivity contribution is -0.116.